The second-order valence-electron chi connectivity index (χ2n) is 8.92. The zero-order valence-electron chi connectivity index (χ0n) is 19.7. The van der Waals surface area contributed by atoms with Gasteiger partial charge in [-0.15, -0.1) is 0 Å². The summed E-state index contributed by atoms with van der Waals surface area (Å²) in [6, 6.07) is 19.5. The monoisotopic (exact) mass is 583 g/mol. The first-order valence-electron chi connectivity index (χ1n) is 11.6. The van der Waals surface area contributed by atoms with E-state index in [9.17, 15) is 19.7 Å². The van der Waals surface area contributed by atoms with Crippen LogP contribution < -0.4 is 9.96 Å². The van der Waals surface area contributed by atoms with Crippen molar-refractivity contribution in [2.75, 3.05) is 9.96 Å². The summed E-state index contributed by atoms with van der Waals surface area (Å²) in [5, 5.41) is 13.9. The number of benzene rings is 3. The molecule has 0 radical (unpaired) electrons. The molecule has 0 aliphatic carbocycles. The van der Waals surface area contributed by atoms with Crippen LogP contribution in [0.3, 0.4) is 0 Å². The Bertz CT molecular complexity index is 1640. The lowest BCUT2D eigenvalue weighted by Gasteiger charge is -2.27. The Labute approximate surface area is 236 Å². The zero-order chi connectivity index (χ0) is 27.4. The lowest BCUT2D eigenvalue weighted by Crippen LogP contribution is -2.37. The predicted octanol–water partition coefficient (Wildman–Crippen LogP) is 6.87. The number of imide groups is 1. The molecule has 0 unspecified atom stereocenters. The molecule has 2 aliphatic rings. The van der Waals surface area contributed by atoms with Crippen LogP contribution in [-0.4, -0.2) is 22.8 Å². The highest BCUT2D eigenvalue weighted by molar-refractivity contribution is 6.42. The van der Waals surface area contributed by atoms with Gasteiger partial charge in [0.1, 0.15) is 23.5 Å². The van der Waals surface area contributed by atoms with E-state index in [1.807, 2.05) is 0 Å². The van der Waals surface area contributed by atoms with Crippen molar-refractivity contribution in [3.05, 3.63) is 110 Å². The number of hydrogen-bond acceptors (Lipinski definition) is 7. The molecule has 39 heavy (non-hydrogen) atoms. The van der Waals surface area contributed by atoms with Gasteiger partial charge in [0, 0.05) is 22.7 Å². The van der Waals surface area contributed by atoms with Gasteiger partial charge in [0.05, 0.1) is 26.3 Å². The molecule has 0 bridgehead atoms. The van der Waals surface area contributed by atoms with E-state index in [2.05, 4.69) is 0 Å². The Morgan fingerprint density at radius 1 is 0.821 bits per heavy atom. The molecule has 9 nitrogen and oxygen atoms in total. The molecule has 2 amide bonds. The number of fused-ring (bicyclic) bond motifs is 1. The molecule has 196 valence electrons. The van der Waals surface area contributed by atoms with E-state index in [0.717, 1.165) is 4.90 Å². The summed E-state index contributed by atoms with van der Waals surface area (Å²) in [6.45, 7) is 0. The van der Waals surface area contributed by atoms with E-state index in [-0.39, 0.29) is 11.4 Å². The molecule has 0 saturated carbocycles. The van der Waals surface area contributed by atoms with Gasteiger partial charge in [-0.25, -0.2) is 9.96 Å². The molecule has 3 aromatic carbocycles. The van der Waals surface area contributed by atoms with Gasteiger partial charge >= 0.3 is 0 Å². The maximum Gasteiger partial charge on any atom is 0.271 e. The highest BCUT2D eigenvalue weighted by Crippen LogP contribution is 2.49. The quantitative estimate of drug-likeness (QED) is 0.143. The summed E-state index contributed by atoms with van der Waals surface area (Å²) in [5.74, 6) is -1.31. The van der Waals surface area contributed by atoms with Gasteiger partial charge in [0.15, 0.2) is 6.10 Å². The average Bonchev–Trinajstić information content (AvgIpc) is 3.62. The predicted molar refractivity (Wildman–Crippen MR) is 145 cm³/mol. The molecule has 3 heterocycles. The number of furan rings is 1. The number of amides is 2. The molecular weight excluding hydrogens is 569 g/mol. The molecule has 6 rings (SSSR count). The van der Waals surface area contributed by atoms with Gasteiger partial charge in [0.25, 0.3) is 11.6 Å². The number of hydroxylamine groups is 1. The van der Waals surface area contributed by atoms with Crippen molar-refractivity contribution in [2.24, 2.45) is 5.92 Å². The van der Waals surface area contributed by atoms with Crippen LogP contribution in [0.2, 0.25) is 15.1 Å². The Balaban J connectivity index is 1.43. The van der Waals surface area contributed by atoms with Gasteiger partial charge in [-0.2, -0.15) is 0 Å². The van der Waals surface area contributed by atoms with E-state index in [1.165, 1.54) is 23.3 Å². The molecular formula is C27H16Cl3N3O6. The fourth-order valence-electron chi connectivity index (χ4n) is 4.83. The third-order valence-corrected chi connectivity index (χ3v) is 7.61. The Kier molecular flexibility index (Phi) is 6.31. The van der Waals surface area contributed by atoms with Crippen molar-refractivity contribution in [1.29, 1.82) is 0 Å². The first-order chi connectivity index (χ1) is 18.7. The SMILES string of the molecule is O=C1[C@@H]2[C@@H](c3ccc(-c4ccc(Cl)c(Cl)c4)o3)N(c3cccc([N+](=O)[O-])c3)O[C@H]2C(=O)N1c1ccc(Cl)cc1. The Morgan fingerprint density at radius 2 is 1.59 bits per heavy atom. The summed E-state index contributed by atoms with van der Waals surface area (Å²) < 4.78 is 6.17. The molecule has 1 aromatic heterocycles. The standard InChI is InChI=1S/C27H16Cl3N3O6/c28-15-5-7-16(8-6-15)31-26(34)23-24(22-11-10-21(38-22)14-4-9-19(29)20(30)12-14)32(39-25(23)27(31)35)17-2-1-3-18(13-17)33(36)37/h1-13,23-25H/t23-,24-,25-/m1/s1. The van der Waals surface area contributed by atoms with Gasteiger partial charge in [-0.1, -0.05) is 40.9 Å². The number of hydrogen-bond donors (Lipinski definition) is 0. The van der Waals surface area contributed by atoms with Crippen LogP contribution >= 0.6 is 34.8 Å². The van der Waals surface area contributed by atoms with Crippen LogP contribution in [0.5, 0.6) is 0 Å². The van der Waals surface area contributed by atoms with Gasteiger partial charge in [-0.3, -0.25) is 24.5 Å². The van der Waals surface area contributed by atoms with Crippen molar-refractivity contribution in [3.8, 4) is 11.3 Å². The van der Waals surface area contributed by atoms with E-state index < -0.39 is 34.8 Å². The van der Waals surface area contributed by atoms with E-state index in [4.69, 9.17) is 44.1 Å². The summed E-state index contributed by atoms with van der Waals surface area (Å²) in [5.41, 5.74) is 1.10. The van der Waals surface area contributed by atoms with Crippen molar-refractivity contribution in [3.63, 3.8) is 0 Å². The minimum atomic E-state index is -1.18. The minimum Gasteiger partial charge on any atom is -0.459 e. The van der Waals surface area contributed by atoms with Crippen LogP contribution in [-0.2, 0) is 14.4 Å². The van der Waals surface area contributed by atoms with E-state index in [0.29, 0.717) is 37.8 Å². The molecule has 2 aliphatic heterocycles. The first kappa shape index (κ1) is 25.4. The van der Waals surface area contributed by atoms with Crippen molar-refractivity contribution in [2.45, 2.75) is 12.1 Å². The Morgan fingerprint density at radius 3 is 2.31 bits per heavy atom. The van der Waals surface area contributed by atoms with Crippen LogP contribution in [0, 0.1) is 16.0 Å². The third kappa shape index (κ3) is 4.33. The van der Waals surface area contributed by atoms with Crippen molar-refractivity contribution >= 4 is 63.7 Å². The third-order valence-electron chi connectivity index (χ3n) is 6.62. The number of nitro benzene ring substituents is 1. The smallest absolute Gasteiger partial charge is 0.271 e. The normalized spacial score (nSPS) is 20.5. The van der Waals surface area contributed by atoms with E-state index in [1.54, 1.807) is 60.7 Å². The number of non-ortho nitro benzene ring substituents is 1. The number of nitrogens with zero attached hydrogens (tertiary/aromatic N) is 3. The summed E-state index contributed by atoms with van der Waals surface area (Å²) in [4.78, 5) is 45.2. The van der Waals surface area contributed by atoms with Crippen LogP contribution in [0.25, 0.3) is 11.3 Å². The lowest BCUT2D eigenvalue weighted by molar-refractivity contribution is -0.384. The van der Waals surface area contributed by atoms with Gasteiger partial charge in [-0.05, 0) is 60.7 Å². The largest absolute Gasteiger partial charge is 0.459 e. The maximum absolute atomic E-state index is 13.8. The fourth-order valence-corrected chi connectivity index (χ4v) is 5.26. The van der Waals surface area contributed by atoms with Crippen LogP contribution in [0.4, 0.5) is 17.1 Å². The van der Waals surface area contributed by atoms with Crippen molar-refractivity contribution < 1.29 is 23.8 Å². The first-order valence-corrected chi connectivity index (χ1v) is 12.8. The number of carbonyl (C=O) groups excluding carboxylic acids is 2. The lowest BCUT2D eigenvalue weighted by atomic mass is 9.94. The molecule has 0 spiro atoms. The van der Waals surface area contributed by atoms with Crippen LogP contribution in [0.1, 0.15) is 11.8 Å². The van der Waals surface area contributed by atoms with E-state index >= 15 is 0 Å². The topological polar surface area (TPSA) is 106 Å². The highest BCUT2D eigenvalue weighted by Gasteiger charge is 2.61. The molecule has 12 heteroatoms. The summed E-state index contributed by atoms with van der Waals surface area (Å²) >= 11 is 18.2. The highest BCUT2D eigenvalue weighted by atomic mass is 35.5. The second-order valence-corrected chi connectivity index (χ2v) is 10.2. The number of nitro groups is 1. The molecule has 3 atom stereocenters. The van der Waals surface area contributed by atoms with Gasteiger partial charge < -0.3 is 4.42 Å². The average molecular weight is 585 g/mol. The summed E-state index contributed by atoms with van der Waals surface area (Å²) in [7, 11) is 0. The van der Waals surface area contributed by atoms with Crippen LogP contribution in [0.15, 0.2) is 83.3 Å². The number of carbonyl (C=O) groups is 2. The maximum atomic E-state index is 13.8. The number of halogens is 3. The molecule has 0 N–H and O–H groups in total. The number of anilines is 2. The minimum absolute atomic E-state index is 0.178. The zero-order valence-corrected chi connectivity index (χ0v) is 21.9. The second kappa shape index (κ2) is 9.69. The fraction of sp³-hybridized carbons (Fsp3) is 0.111. The van der Waals surface area contributed by atoms with Gasteiger partial charge in [0.2, 0.25) is 5.91 Å². The van der Waals surface area contributed by atoms with Crippen molar-refractivity contribution in [1.82, 2.24) is 0 Å². The Hall–Kier alpha value is -3.89. The summed E-state index contributed by atoms with van der Waals surface area (Å²) in [6.07, 6.45) is -1.18. The molecule has 2 fully saturated rings. The molecule has 4 aromatic rings. The molecule has 2 saturated heterocycles. The number of rotatable bonds is 5.